The summed E-state index contributed by atoms with van der Waals surface area (Å²) in [7, 11) is 0. The summed E-state index contributed by atoms with van der Waals surface area (Å²) < 4.78 is 0. The number of benzene rings is 1. The van der Waals surface area contributed by atoms with Gasteiger partial charge in [-0.25, -0.2) is 4.98 Å². The van der Waals surface area contributed by atoms with Crippen LogP contribution in [0.1, 0.15) is 41.4 Å². The molecule has 0 saturated carbocycles. The summed E-state index contributed by atoms with van der Waals surface area (Å²) in [6.45, 7) is 8.28. The maximum atomic E-state index is 12.5. The highest BCUT2D eigenvalue weighted by Crippen LogP contribution is 2.28. The SMILES string of the molecule is Cc1cc(C)c(NC(=O)c2ccc(N3CCCC(C)C3)cn2)c(Cl)c1. The third-order valence-electron chi connectivity index (χ3n) is 4.67. The Morgan fingerprint density at radius 2 is 2.12 bits per heavy atom. The second-order valence-electron chi connectivity index (χ2n) is 6.99. The Hall–Kier alpha value is -2.07. The van der Waals surface area contributed by atoms with Gasteiger partial charge in [-0.2, -0.15) is 0 Å². The van der Waals surface area contributed by atoms with Crippen molar-refractivity contribution in [2.75, 3.05) is 23.3 Å². The molecule has 0 aliphatic carbocycles. The highest BCUT2D eigenvalue weighted by atomic mass is 35.5. The number of anilines is 2. The monoisotopic (exact) mass is 357 g/mol. The highest BCUT2D eigenvalue weighted by Gasteiger charge is 2.18. The van der Waals surface area contributed by atoms with Crippen LogP contribution in [-0.4, -0.2) is 24.0 Å². The molecule has 1 aliphatic heterocycles. The first-order chi connectivity index (χ1) is 11.9. The van der Waals surface area contributed by atoms with E-state index in [1.807, 2.05) is 32.0 Å². The summed E-state index contributed by atoms with van der Waals surface area (Å²) in [6.07, 6.45) is 4.27. The second kappa shape index (κ2) is 7.44. The van der Waals surface area contributed by atoms with Gasteiger partial charge in [0.25, 0.3) is 5.91 Å². The van der Waals surface area contributed by atoms with Crippen LogP contribution in [0.4, 0.5) is 11.4 Å². The number of amides is 1. The first-order valence-electron chi connectivity index (χ1n) is 8.73. The summed E-state index contributed by atoms with van der Waals surface area (Å²) in [5.74, 6) is 0.454. The van der Waals surface area contributed by atoms with E-state index in [0.717, 1.165) is 29.9 Å². The number of hydrogen-bond donors (Lipinski definition) is 1. The molecule has 1 aliphatic rings. The van der Waals surface area contributed by atoms with Crippen LogP contribution in [0.3, 0.4) is 0 Å². The molecule has 1 aromatic heterocycles. The van der Waals surface area contributed by atoms with Crippen molar-refractivity contribution in [2.45, 2.75) is 33.6 Å². The number of carbonyl (C=O) groups excluding carboxylic acids is 1. The van der Waals surface area contributed by atoms with Gasteiger partial charge in [-0.3, -0.25) is 4.79 Å². The van der Waals surface area contributed by atoms with Gasteiger partial charge in [0.1, 0.15) is 5.69 Å². The van der Waals surface area contributed by atoms with Crippen LogP contribution in [0.15, 0.2) is 30.5 Å². The van der Waals surface area contributed by atoms with Crippen molar-refractivity contribution in [1.82, 2.24) is 4.98 Å². The standard InChI is InChI=1S/C20H24ClN3O/c1-13-5-4-8-24(12-13)16-6-7-18(22-11-16)20(25)23-19-15(3)9-14(2)10-17(19)21/h6-7,9-11,13H,4-5,8,12H2,1-3H3,(H,23,25). The number of carbonyl (C=O) groups is 1. The van der Waals surface area contributed by atoms with Gasteiger partial charge in [0.2, 0.25) is 0 Å². The largest absolute Gasteiger partial charge is 0.370 e. The molecule has 1 aromatic carbocycles. The van der Waals surface area contributed by atoms with Crippen molar-refractivity contribution in [2.24, 2.45) is 5.92 Å². The summed E-state index contributed by atoms with van der Waals surface area (Å²) in [4.78, 5) is 19.2. The minimum absolute atomic E-state index is 0.243. The lowest BCUT2D eigenvalue weighted by molar-refractivity contribution is 0.102. The first kappa shape index (κ1) is 17.7. The maximum absolute atomic E-state index is 12.5. The van der Waals surface area contributed by atoms with Crippen LogP contribution in [-0.2, 0) is 0 Å². The van der Waals surface area contributed by atoms with Crippen LogP contribution >= 0.6 is 11.6 Å². The van der Waals surface area contributed by atoms with E-state index in [1.165, 1.54) is 12.8 Å². The fraction of sp³-hybridized carbons (Fsp3) is 0.400. The number of halogens is 1. The van der Waals surface area contributed by atoms with Gasteiger partial charge in [0.05, 0.1) is 22.6 Å². The summed E-state index contributed by atoms with van der Waals surface area (Å²) in [5, 5.41) is 3.43. The minimum Gasteiger partial charge on any atom is -0.370 e. The quantitative estimate of drug-likeness (QED) is 0.854. The molecule has 2 heterocycles. The van der Waals surface area contributed by atoms with Crippen LogP contribution in [0.5, 0.6) is 0 Å². The molecule has 1 N–H and O–H groups in total. The summed E-state index contributed by atoms with van der Waals surface area (Å²) >= 11 is 6.26. The van der Waals surface area contributed by atoms with E-state index in [1.54, 1.807) is 12.3 Å². The molecule has 3 rings (SSSR count). The first-order valence-corrected chi connectivity index (χ1v) is 9.11. The number of pyridine rings is 1. The van der Waals surface area contributed by atoms with Gasteiger partial charge in [0.15, 0.2) is 0 Å². The zero-order chi connectivity index (χ0) is 18.0. The average molecular weight is 358 g/mol. The van der Waals surface area contributed by atoms with Gasteiger partial charge < -0.3 is 10.2 Å². The minimum atomic E-state index is -0.243. The second-order valence-corrected chi connectivity index (χ2v) is 7.40. The van der Waals surface area contributed by atoms with Gasteiger partial charge in [-0.1, -0.05) is 24.6 Å². The average Bonchev–Trinajstić information content (AvgIpc) is 2.58. The predicted octanol–water partition coefficient (Wildman–Crippen LogP) is 4.84. The van der Waals surface area contributed by atoms with Gasteiger partial charge in [-0.15, -0.1) is 0 Å². The van der Waals surface area contributed by atoms with E-state index in [2.05, 4.69) is 22.1 Å². The molecular formula is C20H24ClN3O. The van der Waals surface area contributed by atoms with Crippen molar-refractivity contribution in [3.05, 3.63) is 52.3 Å². The Labute approximate surface area is 154 Å². The molecule has 4 nitrogen and oxygen atoms in total. The maximum Gasteiger partial charge on any atom is 0.274 e. The Morgan fingerprint density at radius 1 is 1.32 bits per heavy atom. The fourth-order valence-corrected chi connectivity index (χ4v) is 3.75. The number of rotatable bonds is 3. The summed E-state index contributed by atoms with van der Waals surface area (Å²) in [5.41, 5.74) is 4.13. The topological polar surface area (TPSA) is 45.2 Å². The Kier molecular flexibility index (Phi) is 5.28. The smallest absolute Gasteiger partial charge is 0.274 e. The molecule has 5 heteroatoms. The molecule has 0 bridgehead atoms. The number of nitrogens with one attached hydrogen (secondary N) is 1. The molecular weight excluding hydrogens is 334 g/mol. The number of hydrogen-bond acceptors (Lipinski definition) is 3. The molecule has 1 unspecified atom stereocenters. The molecule has 2 aromatic rings. The van der Waals surface area contributed by atoms with E-state index < -0.39 is 0 Å². The van der Waals surface area contributed by atoms with Crippen molar-refractivity contribution in [3.63, 3.8) is 0 Å². The molecule has 1 saturated heterocycles. The molecule has 1 atom stereocenters. The van der Waals surface area contributed by atoms with Crippen LogP contribution in [0.25, 0.3) is 0 Å². The zero-order valence-electron chi connectivity index (χ0n) is 15.0. The van der Waals surface area contributed by atoms with Crippen LogP contribution in [0, 0.1) is 19.8 Å². The summed E-state index contributed by atoms with van der Waals surface area (Å²) in [6, 6.07) is 7.60. The molecule has 0 spiro atoms. The van der Waals surface area contributed by atoms with E-state index in [0.29, 0.717) is 22.3 Å². The molecule has 132 valence electrons. The number of piperidine rings is 1. The third-order valence-corrected chi connectivity index (χ3v) is 4.97. The molecule has 25 heavy (non-hydrogen) atoms. The van der Waals surface area contributed by atoms with E-state index in [-0.39, 0.29) is 5.91 Å². The van der Waals surface area contributed by atoms with Gasteiger partial charge >= 0.3 is 0 Å². The van der Waals surface area contributed by atoms with Crippen LogP contribution < -0.4 is 10.2 Å². The lowest BCUT2D eigenvalue weighted by Crippen LogP contribution is -2.34. The predicted molar refractivity (Wildman–Crippen MR) is 104 cm³/mol. The number of aromatic nitrogens is 1. The molecule has 1 fully saturated rings. The normalized spacial score (nSPS) is 17.4. The Balaban J connectivity index is 1.73. The van der Waals surface area contributed by atoms with Crippen LogP contribution in [0.2, 0.25) is 5.02 Å². The lowest BCUT2D eigenvalue weighted by Gasteiger charge is -2.32. The van der Waals surface area contributed by atoms with Gasteiger partial charge in [-0.05, 0) is 61.9 Å². The third kappa shape index (κ3) is 4.13. The number of aryl methyl sites for hydroxylation is 2. The molecule has 0 radical (unpaired) electrons. The van der Waals surface area contributed by atoms with Crippen molar-refractivity contribution in [3.8, 4) is 0 Å². The molecule has 1 amide bonds. The zero-order valence-corrected chi connectivity index (χ0v) is 15.7. The lowest BCUT2D eigenvalue weighted by atomic mass is 10.00. The van der Waals surface area contributed by atoms with E-state index in [4.69, 9.17) is 11.6 Å². The van der Waals surface area contributed by atoms with E-state index in [9.17, 15) is 4.79 Å². The Morgan fingerprint density at radius 3 is 2.76 bits per heavy atom. The van der Waals surface area contributed by atoms with Crippen molar-refractivity contribution < 1.29 is 4.79 Å². The fourth-order valence-electron chi connectivity index (χ4n) is 3.38. The highest BCUT2D eigenvalue weighted by molar-refractivity contribution is 6.34. The number of nitrogens with zero attached hydrogens (tertiary/aromatic N) is 2. The Bertz CT molecular complexity index is 750. The van der Waals surface area contributed by atoms with Crippen molar-refractivity contribution in [1.29, 1.82) is 0 Å². The van der Waals surface area contributed by atoms with E-state index >= 15 is 0 Å². The van der Waals surface area contributed by atoms with Gasteiger partial charge in [0, 0.05) is 13.1 Å². The van der Waals surface area contributed by atoms with Crippen molar-refractivity contribution >= 4 is 28.9 Å².